The van der Waals surface area contributed by atoms with E-state index in [-0.39, 0.29) is 11.3 Å². The van der Waals surface area contributed by atoms with Crippen LogP contribution >= 0.6 is 0 Å². The van der Waals surface area contributed by atoms with E-state index in [9.17, 15) is 4.79 Å². The monoisotopic (exact) mass is 137 g/mol. The first-order chi connectivity index (χ1) is 4.75. The Labute approximate surface area is 59.8 Å². The molecule has 0 aromatic rings. The molecule has 2 heteroatoms. The first kappa shape index (κ1) is 5.16. The van der Waals surface area contributed by atoms with Crippen LogP contribution in [0.4, 0.5) is 0 Å². The topological polar surface area (TPSA) is 43.1 Å². The summed E-state index contributed by atoms with van der Waals surface area (Å²) >= 11 is 0. The van der Waals surface area contributed by atoms with Gasteiger partial charge in [0.25, 0.3) is 0 Å². The van der Waals surface area contributed by atoms with Gasteiger partial charge in [-0.2, -0.15) is 0 Å². The normalized spacial score (nSPS) is 61.0. The summed E-state index contributed by atoms with van der Waals surface area (Å²) in [7, 11) is 0. The lowest BCUT2D eigenvalue weighted by Crippen LogP contribution is -2.24. The lowest BCUT2D eigenvalue weighted by Gasteiger charge is -2.02. The Bertz CT molecular complexity index is 211. The van der Waals surface area contributed by atoms with Crippen LogP contribution in [0, 0.1) is 23.2 Å². The summed E-state index contributed by atoms with van der Waals surface area (Å²) < 4.78 is 0. The minimum Gasteiger partial charge on any atom is -0.369 e. The Hall–Kier alpha value is -0.530. The number of hydrogen-bond donors (Lipinski definition) is 1. The van der Waals surface area contributed by atoms with E-state index >= 15 is 0 Å². The fraction of sp³-hybridized carbons (Fsp3) is 0.875. The van der Waals surface area contributed by atoms with Crippen molar-refractivity contribution >= 4 is 5.91 Å². The van der Waals surface area contributed by atoms with Crippen LogP contribution < -0.4 is 5.73 Å². The maximum Gasteiger partial charge on any atom is 0.224 e. The summed E-state index contributed by atoms with van der Waals surface area (Å²) in [6, 6.07) is 0. The number of rotatable bonds is 1. The van der Waals surface area contributed by atoms with Gasteiger partial charge in [-0.25, -0.2) is 0 Å². The Morgan fingerprint density at radius 2 is 2.00 bits per heavy atom. The molecule has 10 heavy (non-hydrogen) atoms. The first-order valence-electron chi connectivity index (χ1n) is 4.05. The Morgan fingerprint density at radius 3 is 2.20 bits per heavy atom. The Balaban J connectivity index is 2.06. The molecule has 1 amide bonds. The summed E-state index contributed by atoms with van der Waals surface area (Å²) in [4.78, 5) is 11.0. The molecule has 2 N–H and O–H groups in total. The van der Waals surface area contributed by atoms with Crippen molar-refractivity contribution in [2.45, 2.75) is 19.3 Å². The zero-order valence-electron chi connectivity index (χ0n) is 5.84. The van der Waals surface area contributed by atoms with Crippen molar-refractivity contribution in [2.24, 2.45) is 28.9 Å². The highest BCUT2D eigenvalue weighted by Crippen LogP contribution is 2.78. The van der Waals surface area contributed by atoms with Gasteiger partial charge < -0.3 is 5.73 Å². The third-order valence-electron chi connectivity index (χ3n) is 3.96. The van der Waals surface area contributed by atoms with Gasteiger partial charge in [0.1, 0.15) is 0 Å². The second-order valence-electron chi connectivity index (χ2n) is 4.16. The van der Waals surface area contributed by atoms with Crippen molar-refractivity contribution < 1.29 is 4.79 Å². The number of hydrogen-bond acceptors (Lipinski definition) is 1. The summed E-state index contributed by atoms with van der Waals surface area (Å²) in [6.07, 6.45) is 3.72. The van der Waals surface area contributed by atoms with E-state index in [0.29, 0.717) is 0 Å². The Morgan fingerprint density at radius 1 is 1.40 bits per heavy atom. The lowest BCUT2D eigenvalue weighted by molar-refractivity contribution is -0.123. The molecule has 4 fully saturated rings. The molecule has 54 valence electrons. The highest BCUT2D eigenvalue weighted by atomic mass is 16.1. The number of carbonyl (C=O) groups is 1. The maximum atomic E-state index is 11.0. The van der Waals surface area contributed by atoms with Crippen molar-refractivity contribution in [3.05, 3.63) is 0 Å². The molecule has 0 spiro atoms. The standard InChI is InChI=1S/C8H11NO/c9-7(10)8-3-4-1-5(8)6(8)2-4/h4-6H,1-3H2,(H2,9,10)/t4?,5-,6-,8?/m0/s1. The van der Waals surface area contributed by atoms with Gasteiger partial charge in [0.15, 0.2) is 0 Å². The molecule has 2 atom stereocenters. The summed E-state index contributed by atoms with van der Waals surface area (Å²) in [6.45, 7) is 0. The van der Waals surface area contributed by atoms with Crippen molar-refractivity contribution in [3.8, 4) is 0 Å². The van der Waals surface area contributed by atoms with Gasteiger partial charge in [-0.1, -0.05) is 0 Å². The third kappa shape index (κ3) is 0.297. The number of primary amides is 1. The van der Waals surface area contributed by atoms with Crippen LogP contribution in [-0.4, -0.2) is 5.91 Å². The average molecular weight is 137 g/mol. The molecule has 0 unspecified atom stereocenters. The van der Waals surface area contributed by atoms with Crippen LogP contribution in [-0.2, 0) is 4.79 Å². The molecule has 2 nitrogen and oxygen atoms in total. The van der Waals surface area contributed by atoms with Gasteiger partial charge in [-0.15, -0.1) is 0 Å². The highest BCUT2D eigenvalue weighted by Gasteiger charge is 2.77. The predicted molar refractivity (Wildman–Crippen MR) is 35.9 cm³/mol. The van der Waals surface area contributed by atoms with E-state index in [1.807, 2.05) is 0 Å². The van der Waals surface area contributed by atoms with E-state index in [2.05, 4.69) is 0 Å². The van der Waals surface area contributed by atoms with Crippen molar-refractivity contribution in [3.63, 3.8) is 0 Å². The molecular weight excluding hydrogens is 126 g/mol. The molecule has 4 saturated carbocycles. The van der Waals surface area contributed by atoms with Gasteiger partial charge in [0, 0.05) is 0 Å². The molecule has 0 aromatic heterocycles. The molecule has 4 rings (SSSR count). The average Bonchev–Trinajstić information content (AvgIpc) is 2.42. The lowest BCUT2D eigenvalue weighted by atomic mass is 10.0. The van der Waals surface area contributed by atoms with E-state index < -0.39 is 0 Å². The molecule has 0 aliphatic heterocycles. The number of nitrogens with two attached hydrogens (primary N) is 1. The van der Waals surface area contributed by atoms with Crippen LogP contribution in [0.25, 0.3) is 0 Å². The fourth-order valence-electron chi connectivity index (χ4n) is 3.58. The molecular formula is C8H11NO. The van der Waals surface area contributed by atoms with Gasteiger partial charge >= 0.3 is 0 Å². The van der Waals surface area contributed by atoms with Crippen LogP contribution in [0.3, 0.4) is 0 Å². The maximum absolute atomic E-state index is 11.0. The summed E-state index contributed by atoms with van der Waals surface area (Å²) in [5.74, 6) is 2.29. The minimum absolute atomic E-state index is 0.0116. The number of carbonyl (C=O) groups excluding carboxylic acids is 1. The van der Waals surface area contributed by atoms with Gasteiger partial charge in [0.05, 0.1) is 5.41 Å². The fourth-order valence-corrected chi connectivity index (χ4v) is 3.58. The van der Waals surface area contributed by atoms with Gasteiger partial charge in [-0.3, -0.25) is 4.79 Å². The molecule has 0 heterocycles. The SMILES string of the molecule is NC(=O)C12CC3C[C@H]1[C@@H]2C3. The first-order valence-corrected chi connectivity index (χ1v) is 4.05. The quantitative estimate of drug-likeness (QED) is 0.562. The van der Waals surface area contributed by atoms with E-state index in [0.717, 1.165) is 24.2 Å². The van der Waals surface area contributed by atoms with Gasteiger partial charge in [-0.05, 0) is 37.0 Å². The second-order valence-corrected chi connectivity index (χ2v) is 4.16. The zero-order valence-corrected chi connectivity index (χ0v) is 5.84. The molecule has 0 aromatic carbocycles. The van der Waals surface area contributed by atoms with Crippen LogP contribution in [0.15, 0.2) is 0 Å². The molecule has 4 aliphatic carbocycles. The minimum atomic E-state index is -0.0116. The van der Waals surface area contributed by atoms with E-state index in [1.54, 1.807) is 0 Å². The molecule has 4 aliphatic rings. The molecule has 4 bridgehead atoms. The van der Waals surface area contributed by atoms with E-state index in [4.69, 9.17) is 5.73 Å². The van der Waals surface area contributed by atoms with Gasteiger partial charge in [0.2, 0.25) is 5.91 Å². The third-order valence-corrected chi connectivity index (χ3v) is 3.96. The zero-order chi connectivity index (χ0) is 6.93. The van der Waals surface area contributed by atoms with Crippen molar-refractivity contribution in [1.82, 2.24) is 0 Å². The van der Waals surface area contributed by atoms with Crippen LogP contribution in [0.1, 0.15) is 19.3 Å². The smallest absolute Gasteiger partial charge is 0.224 e. The largest absolute Gasteiger partial charge is 0.369 e. The predicted octanol–water partition coefficient (Wildman–Crippen LogP) is 0.518. The second kappa shape index (κ2) is 1.13. The van der Waals surface area contributed by atoms with Crippen molar-refractivity contribution in [2.75, 3.05) is 0 Å². The summed E-state index contributed by atoms with van der Waals surface area (Å²) in [5, 5.41) is 0. The Kier molecular flexibility index (Phi) is 0.582. The summed E-state index contributed by atoms with van der Waals surface area (Å²) in [5.41, 5.74) is 5.38. The molecule has 0 saturated heterocycles. The van der Waals surface area contributed by atoms with Crippen LogP contribution in [0.2, 0.25) is 0 Å². The van der Waals surface area contributed by atoms with Crippen molar-refractivity contribution in [1.29, 1.82) is 0 Å². The van der Waals surface area contributed by atoms with Crippen LogP contribution in [0.5, 0.6) is 0 Å². The number of amides is 1. The molecule has 0 radical (unpaired) electrons. The highest BCUT2D eigenvalue weighted by molar-refractivity contribution is 5.86. The van der Waals surface area contributed by atoms with E-state index in [1.165, 1.54) is 12.8 Å².